The molecule has 0 saturated heterocycles. The Morgan fingerprint density at radius 1 is 0.818 bits per heavy atom. The van der Waals surface area contributed by atoms with Gasteiger partial charge in [-0.15, -0.1) is 0 Å². The molecular formula is C28H25F3O2. The van der Waals surface area contributed by atoms with Crippen LogP contribution < -0.4 is 4.74 Å². The third-order valence-electron chi connectivity index (χ3n) is 5.35. The largest absolute Gasteiger partial charge is 0.497 e. The molecule has 0 aromatic heterocycles. The van der Waals surface area contributed by atoms with E-state index in [1.54, 1.807) is 55.6 Å². The van der Waals surface area contributed by atoms with Crippen LogP contribution in [0.2, 0.25) is 0 Å². The fraction of sp³-hybridized carbons (Fsp3) is 0.143. The van der Waals surface area contributed by atoms with Gasteiger partial charge < -0.3 is 9.47 Å². The molecule has 0 heterocycles. The van der Waals surface area contributed by atoms with Crippen LogP contribution in [0.3, 0.4) is 0 Å². The monoisotopic (exact) mass is 450 g/mol. The highest BCUT2D eigenvalue weighted by Gasteiger charge is 2.16. The van der Waals surface area contributed by atoms with Crippen molar-refractivity contribution >= 4 is 0 Å². The number of rotatable bonds is 9. The molecule has 0 N–H and O–H groups in total. The van der Waals surface area contributed by atoms with Crippen molar-refractivity contribution in [2.24, 2.45) is 0 Å². The lowest BCUT2D eigenvalue weighted by Gasteiger charge is -2.11. The Kier molecular flexibility index (Phi) is 7.78. The highest BCUT2D eigenvalue weighted by atomic mass is 19.2. The van der Waals surface area contributed by atoms with Gasteiger partial charge in [0.2, 0.25) is 0 Å². The first-order chi connectivity index (χ1) is 15.8. The molecule has 3 aromatic rings. The third kappa shape index (κ3) is 5.75. The molecule has 0 atom stereocenters. The van der Waals surface area contributed by atoms with Crippen LogP contribution in [0.25, 0.3) is 22.3 Å². The standard InChI is InChI=1S/C28H25F3O2/c1-18(26(29)17-19(2)32-3)5-6-20-7-9-21(10-8-20)24-15-16-25(28(31)27(24)30)22-11-13-23(33-4)14-12-22/h7-17H,1-2,5-6H2,3-4H3/b26-17+. The summed E-state index contributed by atoms with van der Waals surface area (Å²) in [5, 5.41) is 0. The maximum Gasteiger partial charge on any atom is 0.167 e. The van der Waals surface area contributed by atoms with E-state index in [-0.39, 0.29) is 16.9 Å². The van der Waals surface area contributed by atoms with Crippen LogP contribution in [0.4, 0.5) is 13.2 Å². The smallest absolute Gasteiger partial charge is 0.167 e. The SMILES string of the molecule is C=C(/C=C(/F)C(=C)CCc1ccc(-c2ccc(-c3ccc(OC)cc3)c(F)c2F)cc1)OC. The molecule has 0 amide bonds. The predicted molar refractivity (Wildman–Crippen MR) is 127 cm³/mol. The van der Waals surface area contributed by atoms with E-state index in [0.717, 1.165) is 5.56 Å². The Morgan fingerprint density at radius 3 is 1.82 bits per heavy atom. The van der Waals surface area contributed by atoms with E-state index in [4.69, 9.17) is 9.47 Å². The third-order valence-corrected chi connectivity index (χ3v) is 5.35. The number of halogens is 3. The molecule has 2 nitrogen and oxygen atoms in total. The molecule has 0 spiro atoms. The zero-order valence-electron chi connectivity index (χ0n) is 18.6. The van der Waals surface area contributed by atoms with Gasteiger partial charge in [-0.1, -0.05) is 61.7 Å². The zero-order chi connectivity index (χ0) is 24.0. The summed E-state index contributed by atoms with van der Waals surface area (Å²) in [6.45, 7) is 7.30. The average Bonchev–Trinajstić information content (AvgIpc) is 2.84. The Morgan fingerprint density at radius 2 is 1.33 bits per heavy atom. The number of methoxy groups -OCH3 is 2. The van der Waals surface area contributed by atoms with Crippen LogP contribution in [0.1, 0.15) is 12.0 Å². The second kappa shape index (κ2) is 10.7. The lowest BCUT2D eigenvalue weighted by Crippen LogP contribution is -1.95. The molecule has 0 fully saturated rings. The van der Waals surface area contributed by atoms with Crippen LogP contribution in [0, 0.1) is 11.6 Å². The van der Waals surface area contributed by atoms with Crippen molar-refractivity contribution in [2.75, 3.05) is 14.2 Å². The Balaban J connectivity index is 1.74. The van der Waals surface area contributed by atoms with Gasteiger partial charge in [0.25, 0.3) is 0 Å². The summed E-state index contributed by atoms with van der Waals surface area (Å²) < 4.78 is 53.7. The van der Waals surface area contributed by atoms with Gasteiger partial charge in [0.15, 0.2) is 11.6 Å². The normalized spacial score (nSPS) is 11.2. The Labute approximate surface area is 192 Å². The van der Waals surface area contributed by atoms with E-state index in [1.807, 2.05) is 12.1 Å². The number of hydrogen-bond acceptors (Lipinski definition) is 2. The number of hydrogen-bond donors (Lipinski definition) is 0. The molecule has 3 rings (SSSR count). The highest BCUT2D eigenvalue weighted by molar-refractivity contribution is 5.72. The van der Waals surface area contributed by atoms with Gasteiger partial charge in [0.1, 0.15) is 17.3 Å². The second-order valence-corrected chi connectivity index (χ2v) is 7.48. The highest BCUT2D eigenvalue weighted by Crippen LogP contribution is 2.32. The summed E-state index contributed by atoms with van der Waals surface area (Å²) in [6, 6.07) is 17.0. The summed E-state index contributed by atoms with van der Waals surface area (Å²) in [6.07, 6.45) is 2.14. The minimum atomic E-state index is -0.907. The van der Waals surface area contributed by atoms with Crippen molar-refractivity contribution in [1.82, 2.24) is 0 Å². The molecule has 0 unspecified atom stereocenters. The number of benzene rings is 3. The van der Waals surface area contributed by atoms with E-state index in [1.165, 1.54) is 13.2 Å². The Bertz CT molecular complexity index is 1180. The van der Waals surface area contributed by atoms with Crippen molar-refractivity contribution in [3.05, 3.63) is 114 Å². The molecule has 33 heavy (non-hydrogen) atoms. The lowest BCUT2D eigenvalue weighted by atomic mass is 9.97. The van der Waals surface area contributed by atoms with Crippen LogP contribution in [-0.4, -0.2) is 14.2 Å². The molecule has 170 valence electrons. The molecule has 3 aromatic carbocycles. The zero-order valence-corrected chi connectivity index (χ0v) is 18.6. The first kappa shape index (κ1) is 23.9. The summed E-state index contributed by atoms with van der Waals surface area (Å²) >= 11 is 0. The second-order valence-electron chi connectivity index (χ2n) is 7.48. The number of aryl methyl sites for hydroxylation is 1. The van der Waals surface area contributed by atoms with E-state index in [2.05, 4.69) is 13.2 Å². The molecular weight excluding hydrogens is 425 g/mol. The summed E-state index contributed by atoms with van der Waals surface area (Å²) in [5.41, 5.74) is 2.73. The quantitative estimate of drug-likeness (QED) is 0.244. The molecule has 5 heteroatoms. The summed E-state index contributed by atoms with van der Waals surface area (Å²) in [5.74, 6) is -1.44. The molecule has 0 aliphatic rings. The van der Waals surface area contributed by atoms with E-state index < -0.39 is 17.5 Å². The van der Waals surface area contributed by atoms with Crippen molar-refractivity contribution in [3.63, 3.8) is 0 Å². The maximum absolute atomic E-state index is 14.9. The minimum Gasteiger partial charge on any atom is -0.497 e. The predicted octanol–water partition coefficient (Wildman–Crippen LogP) is 7.81. The van der Waals surface area contributed by atoms with Crippen molar-refractivity contribution in [1.29, 1.82) is 0 Å². The summed E-state index contributed by atoms with van der Waals surface area (Å²) in [4.78, 5) is 0. The Hall–Kier alpha value is -3.73. The van der Waals surface area contributed by atoms with Gasteiger partial charge in [-0.3, -0.25) is 0 Å². The molecule has 0 radical (unpaired) electrons. The van der Waals surface area contributed by atoms with E-state index in [0.29, 0.717) is 35.3 Å². The number of allylic oxidation sites excluding steroid dienone is 3. The topological polar surface area (TPSA) is 18.5 Å². The van der Waals surface area contributed by atoms with Crippen molar-refractivity contribution in [2.45, 2.75) is 12.8 Å². The minimum absolute atomic E-state index is 0.174. The van der Waals surface area contributed by atoms with Gasteiger partial charge in [-0.2, -0.15) is 0 Å². The van der Waals surface area contributed by atoms with Crippen LogP contribution in [-0.2, 0) is 11.2 Å². The molecule has 0 saturated carbocycles. The van der Waals surface area contributed by atoms with Gasteiger partial charge in [-0.05, 0) is 47.2 Å². The van der Waals surface area contributed by atoms with Crippen LogP contribution >= 0.6 is 0 Å². The number of ether oxygens (including phenoxy) is 2. The average molecular weight is 451 g/mol. The lowest BCUT2D eigenvalue weighted by molar-refractivity contribution is 0.307. The molecule has 0 bridgehead atoms. The van der Waals surface area contributed by atoms with Gasteiger partial charge >= 0.3 is 0 Å². The molecule has 0 aliphatic carbocycles. The van der Waals surface area contributed by atoms with Crippen LogP contribution in [0.5, 0.6) is 5.75 Å². The fourth-order valence-electron chi connectivity index (χ4n) is 3.33. The van der Waals surface area contributed by atoms with E-state index in [9.17, 15) is 13.2 Å². The van der Waals surface area contributed by atoms with Crippen molar-refractivity contribution < 1.29 is 22.6 Å². The van der Waals surface area contributed by atoms with Gasteiger partial charge in [0.05, 0.1) is 14.2 Å². The van der Waals surface area contributed by atoms with Crippen molar-refractivity contribution in [3.8, 4) is 28.0 Å². The first-order valence-electron chi connectivity index (χ1n) is 10.3. The fourth-order valence-corrected chi connectivity index (χ4v) is 3.33. The maximum atomic E-state index is 14.9. The van der Waals surface area contributed by atoms with Crippen LogP contribution in [0.15, 0.2) is 97.1 Å². The molecule has 0 aliphatic heterocycles. The summed E-state index contributed by atoms with van der Waals surface area (Å²) in [7, 11) is 2.96. The first-order valence-corrected chi connectivity index (χ1v) is 10.3. The van der Waals surface area contributed by atoms with Gasteiger partial charge in [-0.25, -0.2) is 13.2 Å². The van der Waals surface area contributed by atoms with Gasteiger partial charge in [0, 0.05) is 17.2 Å². The van der Waals surface area contributed by atoms with E-state index >= 15 is 0 Å².